The van der Waals surface area contributed by atoms with E-state index in [0.717, 1.165) is 27.7 Å². The Morgan fingerprint density at radius 2 is 2.16 bits per heavy atom. The van der Waals surface area contributed by atoms with Crippen molar-refractivity contribution in [3.63, 3.8) is 0 Å². The lowest BCUT2D eigenvalue weighted by Crippen LogP contribution is -2.48. The minimum absolute atomic E-state index is 0. The van der Waals surface area contributed by atoms with Crippen molar-refractivity contribution >= 4 is 29.7 Å². The zero-order valence-corrected chi connectivity index (χ0v) is 15.7. The zero-order valence-electron chi connectivity index (χ0n) is 14.0. The molecule has 5 nitrogen and oxygen atoms in total. The molecule has 1 aromatic heterocycles. The zero-order chi connectivity index (χ0) is 17.1. The molecule has 3 rings (SSSR count). The highest BCUT2D eigenvalue weighted by atomic mass is 35.5. The molecule has 1 aliphatic heterocycles. The van der Waals surface area contributed by atoms with Crippen molar-refractivity contribution in [2.45, 2.75) is 26.0 Å². The molecule has 136 valence electrons. The summed E-state index contributed by atoms with van der Waals surface area (Å²) >= 11 is 1.51. The van der Waals surface area contributed by atoms with Crippen molar-refractivity contribution in [1.82, 2.24) is 15.6 Å². The predicted molar refractivity (Wildman–Crippen MR) is 98.7 cm³/mol. The third-order valence-electron chi connectivity index (χ3n) is 3.90. The number of ether oxygens (including phenoxy) is 1. The van der Waals surface area contributed by atoms with Gasteiger partial charge in [0.2, 0.25) is 0 Å². The Morgan fingerprint density at radius 3 is 2.80 bits per heavy atom. The third-order valence-corrected chi connectivity index (χ3v) is 5.28. The first-order chi connectivity index (χ1) is 11.5. The van der Waals surface area contributed by atoms with Gasteiger partial charge >= 0.3 is 0 Å². The molecule has 2 heterocycles. The Labute approximate surface area is 156 Å². The van der Waals surface area contributed by atoms with Crippen molar-refractivity contribution in [1.29, 1.82) is 0 Å². The van der Waals surface area contributed by atoms with E-state index in [0.29, 0.717) is 13.2 Å². The molecule has 1 aliphatic rings. The maximum Gasteiger partial charge on any atom is 0.250 e. The number of rotatable bonds is 4. The normalized spacial score (nSPS) is 18.3. The summed E-state index contributed by atoms with van der Waals surface area (Å²) in [5.74, 6) is -0.389. The summed E-state index contributed by atoms with van der Waals surface area (Å²) in [6.07, 6.45) is -0.453. The van der Waals surface area contributed by atoms with E-state index in [1.807, 2.05) is 13.8 Å². The summed E-state index contributed by atoms with van der Waals surface area (Å²) < 4.78 is 18.5. The Hall–Kier alpha value is -1.54. The van der Waals surface area contributed by atoms with E-state index in [2.05, 4.69) is 15.6 Å². The first kappa shape index (κ1) is 19.8. The van der Waals surface area contributed by atoms with Crippen LogP contribution in [0.15, 0.2) is 24.3 Å². The van der Waals surface area contributed by atoms with Gasteiger partial charge in [-0.25, -0.2) is 9.37 Å². The van der Waals surface area contributed by atoms with Crippen LogP contribution in [-0.2, 0) is 9.53 Å². The molecule has 0 spiro atoms. The molecule has 2 unspecified atom stereocenters. The van der Waals surface area contributed by atoms with E-state index in [1.54, 1.807) is 12.1 Å². The molecule has 0 bridgehead atoms. The molecule has 1 saturated heterocycles. The van der Waals surface area contributed by atoms with Crippen LogP contribution in [0.25, 0.3) is 10.6 Å². The highest BCUT2D eigenvalue weighted by Gasteiger charge is 2.24. The van der Waals surface area contributed by atoms with Crippen LogP contribution < -0.4 is 10.6 Å². The molecule has 0 radical (unpaired) electrons. The molecule has 2 aromatic rings. The van der Waals surface area contributed by atoms with Gasteiger partial charge in [-0.1, -0.05) is 0 Å². The quantitative estimate of drug-likeness (QED) is 0.849. The van der Waals surface area contributed by atoms with Crippen LogP contribution in [0, 0.1) is 12.7 Å². The van der Waals surface area contributed by atoms with Gasteiger partial charge in [0, 0.05) is 18.7 Å². The third kappa shape index (κ3) is 4.76. The van der Waals surface area contributed by atoms with E-state index in [-0.39, 0.29) is 30.2 Å². The van der Waals surface area contributed by atoms with Gasteiger partial charge in [-0.3, -0.25) is 4.79 Å². The second kappa shape index (κ2) is 8.71. The largest absolute Gasteiger partial charge is 0.366 e. The number of nitrogens with one attached hydrogen (secondary N) is 2. The van der Waals surface area contributed by atoms with Crippen molar-refractivity contribution in [2.24, 2.45) is 0 Å². The maximum absolute atomic E-state index is 13.1. The van der Waals surface area contributed by atoms with E-state index >= 15 is 0 Å². The average Bonchev–Trinajstić information content (AvgIpc) is 2.98. The predicted octanol–water partition coefficient (Wildman–Crippen LogP) is 2.85. The van der Waals surface area contributed by atoms with Gasteiger partial charge in [0.25, 0.3) is 5.91 Å². The van der Waals surface area contributed by atoms with Crippen LogP contribution in [0.4, 0.5) is 4.39 Å². The van der Waals surface area contributed by atoms with Crippen LogP contribution in [0.2, 0.25) is 0 Å². The van der Waals surface area contributed by atoms with Crippen molar-refractivity contribution in [3.8, 4) is 10.6 Å². The molecule has 0 saturated carbocycles. The van der Waals surface area contributed by atoms with Crippen LogP contribution >= 0.6 is 23.7 Å². The molecule has 1 aromatic carbocycles. The fourth-order valence-electron chi connectivity index (χ4n) is 2.63. The van der Waals surface area contributed by atoms with Crippen LogP contribution in [0.5, 0.6) is 0 Å². The first-order valence-electron chi connectivity index (χ1n) is 7.90. The van der Waals surface area contributed by atoms with E-state index < -0.39 is 6.10 Å². The number of hydrogen-bond acceptors (Lipinski definition) is 5. The summed E-state index contributed by atoms with van der Waals surface area (Å²) in [5.41, 5.74) is 1.74. The number of amides is 1. The minimum Gasteiger partial charge on any atom is -0.366 e. The van der Waals surface area contributed by atoms with E-state index in [4.69, 9.17) is 4.74 Å². The summed E-state index contributed by atoms with van der Waals surface area (Å²) in [6.45, 7) is 5.69. The van der Waals surface area contributed by atoms with E-state index in [9.17, 15) is 9.18 Å². The van der Waals surface area contributed by atoms with E-state index in [1.165, 1.54) is 23.5 Å². The van der Waals surface area contributed by atoms with Crippen LogP contribution in [-0.4, -0.2) is 36.7 Å². The van der Waals surface area contributed by atoms with Gasteiger partial charge < -0.3 is 15.4 Å². The lowest BCUT2D eigenvalue weighted by atomic mass is 10.2. The molecule has 25 heavy (non-hydrogen) atoms. The van der Waals surface area contributed by atoms with Gasteiger partial charge in [-0.2, -0.15) is 0 Å². The van der Waals surface area contributed by atoms with Crippen LogP contribution in [0.1, 0.15) is 23.5 Å². The lowest BCUT2D eigenvalue weighted by molar-refractivity contribution is -0.134. The number of aryl methyl sites for hydroxylation is 1. The summed E-state index contributed by atoms with van der Waals surface area (Å²) in [7, 11) is 0. The lowest BCUT2D eigenvalue weighted by Gasteiger charge is -2.24. The number of aromatic nitrogens is 1. The molecule has 8 heteroatoms. The molecule has 1 amide bonds. The molecular weight excluding hydrogens is 365 g/mol. The highest BCUT2D eigenvalue weighted by Crippen LogP contribution is 2.31. The van der Waals surface area contributed by atoms with Crippen molar-refractivity contribution in [2.75, 3.05) is 19.7 Å². The number of halogens is 2. The monoisotopic (exact) mass is 385 g/mol. The molecule has 1 fully saturated rings. The fourth-order valence-corrected chi connectivity index (χ4v) is 3.71. The molecule has 2 N–H and O–H groups in total. The Bertz CT molecular complexity index is 717. The van der Waals surface area contributed by atoms with Gasteiger partial charge in [0.1, 0.15) is 16.9 Å². The van der Waals surface area contributed by atoms with Crippen molar-refractivity contribution in [3.05, 3.63) is 40.7 Å². The summed E-state index contributed by atoms with van der Waals surface area (Å²) in [4.78, 5) is 17.8. The molecular formula is C17H21ClFN3O2S. The minimum atomic E-state index is -0.453. The molecule has 0 aliphatic carbocycles. The van der Waals surface area contributed by atoms with Gasteiger partial charge in [0.05, 0.1) is 23.2 Å². The smallest absolute Gasteiger partial charge is 0.250 e. The van der Waals surface area contributed by atoms with Gasteiger partial charge in [-0.05, 0) is 38.1 Å². The standard InChI is InChI=1S/C17H20FN3O2S.ClH/c1-10(20-16(22)14-9-19-7-8-23-14)15-11(2)21-17(24-15)12-3-5-13(18)6-4-12;/h3-6,10,14,19H,7-9H2,1-2H3,(H,20,22);1H. The topological polar surface area (TPSA) is 63.2 Å². The number of benzene rings is 1. The number of thiazole rings is 1. The Kier molecular flexibility index (Phi) is 6.89. The fraction of sp³-hybridized carbons (Fsp3) is 0.412. The Morgan fingerprint density at radius 1 is 1.44 bits per heavy atom. The number of carbonyl (C=O) groups excluding carboxylic acids is 1. The van der Waals surface area contributed by atoms with Gasteiger partial charge in [-0.15, -0.1) is 23.7 Å². The van der Waals surface area contributed by atoms with Crippen molar-refractivity contribution < 1.29 is 13.9 Å². The number of hydrogen-bond donors (Lipinski definition) is 2. The second-order valence-corrected chi connectivity index (χ2v) is 6.80. The maximum atomic E-state index is 13.1. The summed E-state index contributed by atoms with van der Waals surface area (Å²) in [5, 5.41) is 6.95. The SMILES string of the molecule is Cc1nc(-c2ccc(F)cc2)sc1C(C)NC(=O)C1CNCCO1.Cl. The molecule has 2 atom stereocenters. The summed E-state index contributed by atoms with van der Waals surface area (Å²) in [6, 6.07) is 6.11. The number of carbonyl (C=O) groups is 1. The highest BCUT2D eigenvalue weighted by molar-refractivity contribution is 7.15. The second-order valence-electron chi connectivity index (χ2n) is 5.77. The van der Waals surface area contributed by atoms with Crippen LogP contribution in [0.3, 0.4) is 0 Å². The number of nitrogens with zero attached hydrogens (tertiary/aromatic N) is 1. The average molecular weight is 386 g/mol. The van der Waals surface area contributed by atoms with Gasteiger partial charge in [0.15, 0.2) is 0 Å². The Balaban J connectivity index is 0.00000225. The first-order valence-corrected chi connectivity index (χ1v) is 8.72. The number of morpholine rings is 1.